The number of nitrogens with one attached hydrogen (secondary N) is 3. The van der Waals surface area contributed by atoms with Crippen LogP contribution in [0.2, 0.25) is 0 Å². The molecule has 0 aliphatic heterocycles. The van der Waals surface area contributed by atoms with Crippen LogP contribution < -0.4 is 25.4 Å². The Bertz CT molecular complexity index is 804. The van der Waals surface area contributed by atoms with Gasteiger partial charge < -0.3 is 25.4 Å². The van der Waals surface area contributed by atoms with E-state index in [0.717, 1.165) is 30.4 Å². The Labute approximate surface area is 178 Å². The van der Waals surface area contributed by atoms with E-state index < -0.39 is 0 Å². The molecule has 2 aromatic carbocycles. The molecule has 162 valence electrons. The maximum atomic E-state index is 12.1. The van der Waals surface area contributed by atoms with E-state index >= 15 is 0 Å². The van der Waals surface area contributed by atoms with Gasteiger partial charge in [0, 0.05) is 32.2 Å². The lowest BCUT2D eigenvalue weighted by Crippen LogP contribution is -2.42. The first-order valence-electron chi connectivity index (χ1n) is 10.1. The molecule has 0 fully saturated rings. The molecule has 0 radical (unpaired) electrons. The van der Waals surface area contributed by atoms with E-state index in [2.05, 4.69) is 40.0 Å². The summed E-state index contributed by atoms with van der Waals surface area (Å²) in [4.78, 5) is 16.4. The summed E-state index contributed by atoms with van der Waals surface area (Å²) in [6.07, 6.45) is 0.973. The van der Waals surface area contributed by atoms with Crippen molar-refractivity contribution < 1.29 is 14.3 Å². The first kappa shape index (κ1) is 23.1. The lowest BCUT2D eigenvalue weighted by Gasteiger charge is -2.15. The summed E-state index contributed by atoms with van der Waals surface area (Å²) >= 11 is 0. The minimum Gasteiger partial charge on any atom is -0.497 e. The van der Waals surface area contributed by atoms with E-state index in [-0.39, 0.29) is 5.91 Å². The van der Waals surface area contributed by atoms with E-state index in [1.54, 1.807) is 45.5 Å². The zero-order chi connectivity index (χ0) is 21.8. The lowest BCUT2D eigenvalue weighted by atomic mass is 9.98. The maximum Gasteiger partial charge on any atom is 0.251 e. The van der Waals surface area contributed by atoms with Gasteiger partial charge in [-0.1, -0.05) is 19.1 Å². The number of nitrogens with zero attached hydrogens (tertiary/aromatic N) is 1. The average Bonchev–Trinajstić information content (AvgIpc) is 2.80. The Morgan fingerprint density at radius 3 is 1.97 bits per heavy atom. The van der Waals surface area contributed by atoms with Crippen molar-refractivity contribution in [1.82, 2.24) is 16.0 Å². The van der Waals surface area contributed by atoms with E-state index in [9.17, 15) is 4.79 Å². The van der Waals surface area contributed by atoms with Crippen LogP contribution in [0.3, 0.4) is 0 Å². The van der Waals surface area contributed by atoms with E-state index in [1.165, 1.54) is 5.56 Å². The first-order valence-corrected chi connectivity index (χ1v) is 10.1. The van der Waals surface area contributed by atoms with Crippen LogP contribution in [0.4, 0.5) is 0 Å². The second-order valence-corrected chi connectivity index (χ2v) is 6.87. The fourth-order valence-electron chi connectivity index (χ4n) is 2.93. The fraction of sp³-hybridized carbons (Fsp3) is 0.391. The molecule has 0 saturated carbocycles. The smallest absolute Gasteiger partial charge is 0.251 e. The monoisotopic (exact) mass is 412 g/mol. The topological polar surface area (TPSA) is 84.0 Å². The second-order valence-electron chi connectivity index (χ2n) is 6.87. The van der Waals surface area contributed by atoms with Crippen LogP contribution in [-0.4, -0.2) is 52.8 Å². The van der Waals surface area contributed by atoms with Crippen LogP contribution in [0, 0.1) is 0 Å². The Morgan fingerprint density at radius 2 is 1.40 bits per heavy atom. The Morgan fingerprint density at radius 1 is 0.867 bits per heavy atom. The summed E-state index contributed by atoms with van der Waals surface area (Å²) in [7, 11) is 5.00. The Balaban J connectivity index is 1.65. The van der Waals surface area contributed by atoms with Crippen LogP contribution in [0.5, 0.6) is 11.5 Å². The molecule has 1 atom stereocenters. The number of carbonyl (C=O) groups is 1. The number of rotatable bonds is 10. The number of aliphatic imine (C=N–C) groups is 1. The number of benzene rings is 2. The molecule has 7 heteroatoms. The predicted molar refractivity (Wildman–Crippen MR) is 121 cm³/mol. The summed E-state index contributed by atoms with van der Waals surface area (Å²) in [5, 5.41) is 9.41. The first-order chi connectivity index (χ1) is 14.6. The van der Waals surface area contributed by atoms with Crippen molar-refractivity contribution in [2.24, 2.45) is 4.99 Å². The molecule has 1 unspecified atom stereocenters. The van der Waals surface area contributed by atoms with Gasteiger partial charge in [0.1, 0.15) is 11.5 Å². The predicted octanol–water partition coefficient (Wildman–Crippen LogP) is 2.79. The molecule has 0 bridgehead atoms. The molecule has 0 spiro atoms. The van der Waals surface area contributed by atoms with Crippen molar-refractivity contribution in [1.29, 1.82) is 0 Å². The van der Waals surface area contributed by atoms with Crippen molar-refractivity contribution in [2.75, 3.05) is 40.9 Å². The highest BCUT2D eigenvalue weighted by molar-refractivity contribution is 5.94. The Hall–Kier alpha value is -3.22. The third kappa shape index (κ3) is 7.31. The van der Waals surface area contributed by atoms with Crippen molar-refractivity contribution in [3.8, 4) is 11.5 Å². The minimum absolute atomic E-state index is 0.115. The highest BCUT2D eigenvalue weighted by Gasteiger charge is 2.07. The molecule has 2 rings (SSSR count). The molecular formula is C23H32N4O3. The van der Waals surface area contributed by atoms with Crippen LogP contribution in [0.1, 0.15) is 35.2 Å². The zero-order valence-electron chi connectivity index (χ0n) is 18.2. The van der Waals surface area contributed by atoms with Gasteiger partial charge in [-0.15, -0.1) is 0 Å². The number of guanidine groups is 1. The van der Waals surface area contributed by atoms with Crippen molar-refractivity contribution in [2.45, 2.75) is 19.3 Å². The van der Waals surface area contributed by atoms with Crippen molar-refractivity contribution >= 4 is 11.9 Å². The second kappa shape index (κ2) is 12.4. The van der Waals surface area contributed by atoms with Gasteiger partial charge in [0.15, 0.2) is 5.96 Å². The normalized spacial score (nSPS) is 12.1. The molecule has 1 amide bonds. The minimum atomic E-state index is -0.115. The van der Waals surface area contributed by atoms with E-state index in [4.69, 9.17) is 9.47 Å². The van der Waals surface area contributed by atoms with Gasteiger partial charge in [-0.3, -0.25) is 9.79 Å². The molecule has 3 N–H and O–H groups in total. The summed E-state index contributed by atoms with van der Waals surface area (Å²) < 4.78 is 10.3. The lowest BCUT2D eigenvalue weighted by molar-refractivity contribution is 0.0954. The molecule has 0 heterocycles. The van der Waals surface area contributed by atoms with Gasteiger partial charge in [-0.25, -0.2) is 0 Å². The molecule has 30 heavy (non-hydrogen) atoms. The average molecular weight is 413 g/mol. The molecule has 2 aromatic rings. The number of hydrogen-bond donors (Lipinski definition) is 3. The summed E-state index contributed by atoms with van der Waals surface area (Å²) in [5.41, 5.74) is 1.88. The van der Waals surface area contributed by atoms with Gasteiger partial charge in [-0.05, 0) is 54.3 Å². The van der Waals surface area contributed by atoms with E-state index in [1.807, 2.05) is 12.1 Å². The molecule has 0 aromatic heterocycles. The molecule has 7 nitrogen and oxygen atoms in total. The zero-order valence-corrected chi connectivity index (χ0v) is 18.2. The summed E-state index contributed by atoms with van der Waals surface area (Å²) in [6, 6.07) is 15.2. The van der Waals surface area contributed by atoms with Gasteiger partial charge in [-0.2, -0.15) is 0 Å². The van der Waals surface area contributed by atoms with Crippen molar-refractivity contribution in [3.63, 3.8) is 0 Å². The third-order valence-electron chi connectivity index (χ3n) is 4.83. The highest BCUT2D eigenvalue weighted by atomic mass is 16.5. The fourth-order valence-corrected chi connectivity index (χ4v) is 2.93. The van der Waals surface area contributed by atoms with Gasteiger partial charge in [0.25, 0.3) is 5.91 Å². The molecular weight excluding hydrogens is 380 g/mol. The molecule has 0 aliphatic carbocycles. The summed E-state index contributed by atoms with van der Waals surface area (Å²) in [6.45, 7) is 4.07. The Kier molecular flexibility index (Phi) is 9.51. The SMILES string of the molecule is CN=C(NCCNC(=O)c1ccc(OC)cc1)NCCC(C)c1ccc(OC)cc1. The quantitative estimate of drug-likeness (QED) is 0.318. The highest BCUT2D eigenvalue weighted by Crippen LogP contribution is 2.21. The van der Waals surface area contributed by atoms with Crippen LogP contribution in [0.15, 0.2) is 53.5 Å². The largest absolute Gasteiger partial charge is 0.497 e. The number of methoxy groups -OCH3 is 2. The van der Waals surface area contributed by atoms with Gasteiger partial charge in [0.05, 0.1) is 14.2 Å². The maximum absolute atomic E-state index is 12.1. The van der Waals surface area contributed by atoms with Crippen LogP contribution >= 0.6 is 0 Å². The number of carbonyl (C=O) groups excluding carboxylic acids is 1. The molecule has 0 saturated heterocycles. The number of ether oxygens (including phenoxy) is 2. The van der Waals surface area contributed by atoms with Gasteiger partial charge in [0.2, 0.25) is 0 Å². The number of hydrogen-bond acceptors (Lipinski definition) is 4. The van der Waals surface area contributed by atoms with Crippen LogP contribution in [-0.2, 0) is 0 Å². The van der Waals surface area contributed by atoms with E-state index in [0.29, 0.717) is 24.6 Å². The molecule has 0 aliphatic rings. The standard InChI is InChI=1S/C23H32N4O3/c1-17(18-5-9-20(29-3)10-6-18)13-14-26-23(24-2)27-16-15-25-22(28)19-7-11-21(30-4)12-8-19/h5-12,17H,13-16H2,1-4H3,(H,25,28)(H2,24,26,27). The number of amides is 1. The van der Waals surface area contributed by atoms with Crippen molar-refractivity contribution in [3.05, 3.63) is 59.7 Å². The van der Waals surface area contributed by atoms with Crippen LogP contribution in [0.25, 0.3) is 0 Å². The third-order valence-corrected chi connectivity index (χ3v) is 4.83. The summed E-state index contributed by atoms with van der Waals surface area (Å²) in [5.74, 6) is 2.62. The van der Waals surface area contributed by atoms with Gasteiger partial charge >= 0.3 is 0 Å².